The molecule has 0 unspecified atom stereocenters. The molecule has 2 nitrogen and oxygen atoms in total. The Kier molecular flexibility index (Phi) is 3.61. The first-order valence-electron chi connectivity index (χ1n) is 2.43. The van der Waals surface area contributed by atoms with Crippen LogP contribution in [0.3, 0.4) is 0 Å². The third-order valence-electron chi connectivity index (χ3n) is 0.974. The second kappa shape index (κ2) is 3.81. The SMILES string of the molecule is CC[C@H](C=N)C[O]. The van der Waals surface area contributed by atoms with E-state index >= 15 is 0 Å². The van der Waals surface area contributed by atoms with Gasteiger partial charge in [0.05, 0.1) is 6.61 Å². The van der Waals surface area contributed by atoms with E-state index in [-0.39, 0.29) is 12.5 Å². The summed E-state index contributed by atoms with van der Waals surface area (Å²) in [6, 6.07) is 0. The maximum Gasteiger partial charge on any atom is 0.0899 e. The molecule has 1 radical (unpaired) electrons. The summed E-state index contributed by atoms with van der Waals surface area (Å²) in [5.74, 6) is -0.0278. The molecule has 0 saturated carbocycles. The van der Waals surface area contributed by atoms with Crippen molar-refractivity contribution in [3.63, 3.8) is 0 Å². The van der Waals surface area contributed by atoms with Gasteiger partial charge in [-0.1, -0.05) is 6.92 Å². The van der Waals surface area contributed by atoms with Crippen LogP contribution in [0.2, 0.25) is 0 Å². The molecule has 0 aliphatic rings. The number of rotatable bonds is 3. The molecule has 7 heavy (non-hydrogen) atoms. The molecule has 0 aromatic carbocycles. The molecule has 0 bridgehead atoms. The van der Waals surface area contributed by atoms with Gasteiger partial charge >= 0.3 is 0 Å². The number of hydrogen-bond acceptors (Lipinski definition) is 1. The first-order valence-corrected chi connectivity index (χ1v) is 2.43. The molecule has 2 heteroatoms. The normalized spacial score (nSPS) is 13.4. The first-order chi connectivity index (χ1) is 3.35. The summed E-state index contributed by atoms with van der Waals surface area (Å²) in [7, 11) is 0. The van der Waals surface area contributed by atoms with Gasteiger partial charge in [-0.3, -0.25) is 0 Å². The standard InChI is InChI=1S/C5H10NO/c1-2-5(3-6)4-7/h3,5-6H,2,4H2,1H3/t5-/m1/s1. The Morgan fingerprint density at radius 1 is 1.86 bits per heavy atom. The van der Waals surface area contributed by atoms with E-state index in [9.17, 15) is 5.11 Å². The molecule has 0 saturated heterocycles. The summed E-state index contributed by atoms with van der Waals surface area (Å²) >= 11 is 0. The fourth-order valence-electron chi connectivity index (χ4n) is 0.284. The van der Waals surface area contributed by atoms with E-state index in [1.54, 1.807) is 0 Å². The van der Waals surface area contributed by atoms with Gasteiger partial charge in [-0.2, -0.15) is 0 Å². The van der Waals surface area contributed by atoms with E-state index in [1.165, 1.54) is 6.21 Å². The van der Waals surface area contributed by atoms with Crippen LogP contribution in [0.15, 0.2) is 0 Å². The molecule has 0 aliphatic carbocycles. The minimum atomic E-state index is -0.139. The average Bonchev–Trinajstić information content (AvgIpc) is 1.72. The highest BCUT2D eigenvalue weighted by atomic mass is 16.3. The lowest BCUT2D eigenvalue weighted by Crippen LogP contribution is -2.02. The van der Waals surface area contributed by atoms with Gasteiger partial charge in [0.15, 0.2) is 0 Å². The molecule has 0 aromatic heterocycles. The average molecular weight is 100 g/mol. The second-order valence-corrected chi connectivity index (χ2v) is 1.50. The van der Waals surface area contributed by atoms with Gasteiger partial charge in [-0.25, -0.2) is 5.11 Å². The van der Waals surface area contributed by atoms with Crippen molar-refractivity contribution < 1.29 is 5.11 Å². The lowest BCUT2D eigenvalue weighted by molar-refractivity contribution is 0.168. The van der Waals surface area contributed by atoms with Crippen LogP contribution in [0.4, 0.5) is 0 Å². The molecule has 1 N–H and O–H groups in total. The van der Waals surface area contributed by atoms with Crippen molar-refractivity contribution in [2.45, 2.75) is 13.3 Å². The van der Waals surface area contributed by atoms with Crippen LogP contribution in [0.1, 0.15) is 13.3 Å². The summed E-state index contributed by atoms with van der Waals surface area (Å²) in [4.78, 5) is 0. The molecule has 0 spiro atoms. The zero-order valence-electron chi connectivity index (χ0n) is 4.48. The monoisotopic (exact) mass is 100 g/mol. The van der Waals surface area contributed by atoms with Crippen molar-refractivity contribution >= 4 is 6.21 Å². The third-order valence-corrected chi connectivity index (χ3v) is 0.974. The van der Waals surface area contributed by atoms with Gasteiger partial charge in [0.2, 0.25) is 0 Å². The molecule has 0 heterocycles. The Labute approximate surface area is 43.7 Å². The molecule has 0 fully saturated rings. The highest BCUT2D eigenvalue weighted by molar-refractivity contribution is 5.56. The van der Waals surface area contributed by atoms with Crippen molar-refractivity contribution in [3.8, 4) is 0 Å². The van der Waals surface area contributed by atoms with Crippen molar-refractivity contribution in [3.05, 3.63) is 0 Å². The van der Waals surface area contributed by atoms with Crippen LogP contribution in [0, 0.1) is 11.3 Å². The lowest BCUT2D eigenvalue weighted by Gasteiger charge is -1.97. The van der Waals surface area contributed by atoms with E-state index < -0.39 is 0 Å². The van der Waals surface area contributed by atoms with Crippen LogP contribution >= 0.6 is 0 Å². The molecular weight excluding hydrogens is 90.1 g/mol. The van der Waals surface area contributed by atoms with Crippen LogP contribution < -0.4 is 0 Å². The van der Waals surface area contributed by atoms with Crippen molar-refractivity contribution in [1.82, 2.24) is 0 Å². The molecule has 0 amide bonds. The molecule has 0 aliphatic heterocycles. The molecule has 1 atom stereocenters. The third kappa shape index (κ3) is 2.34. The molecule has 41 valence electrons. The van der Waals surface area contributed by atoms with Crippen molar-refractivity contribution in [2.24, 2.45) is 5.92 Å². The van der Waals surface area contributed by atoms with Gasteiger partial charge in [-0.05, 0) is 6.42 Å². The van der Waals surface area contributed by atoms with E-state index in [0.29, 0.717) is 0 Å². The topological polar surface area (TPSA) is 43.8 Å². The Morgan fingerprint density at radius 2 is 2.43 bits per heavy atom. The van der Waals surface area contributed by atoms with Gasteiger partial charge in [-0.15, -0.1) is 0 Å². The van der Waals surface area contributed by atoms with Crippen LogP contribution in [0.25, 0.3) is 0 Å². The van der Waals surface area contributed by atoms with E-state index in [1.807, 2.05) is 6.92 Å². The Morgan fingerprint density at radius 3 is 2.43 bits per heavy atom. The number of nitrogens with one attached hydrogen (secondary N) is 1. The van der Waals surface area contributed by atoms with Gasteiger partial charge < -0.3 is 5.41 Å². The molecule has 0 aromatic rings. The lowest BCUT2D eigenvalue weighted by atomic mass is 10.1. The highest BCUT2D eigenvalue weighted by Gasteiger charge is 1.96. The van der Waals surface area contributed by atoms with Crippen molar-refractivity contribution in [1.29, 1.82) is 5.41 Å². The Hall–Kier alpha value is -0.370. The van der Waals surface area contributed by atoms with Gasteiger partial charge in [0.1, 0.15) is 0 Å². The first kappa shape index (κ1) is 6.63. The second-order valence-electron chi connectivity index (χ2n) is 1.50. The number of hydrogen-bond donors (Lipinski definition) is 1. The van der Waals surface area contributed by atoms with E-state index in [4.69, 9.17) is 5.41 Å². The van der Waals surface area contributed by atoms with Gasteiger partial charge in [0.25, 0.3) is 0 Å². The summed E-state index contributed by atoms with van der Waals surface area (Å²) in [5, 5.41) is 16.6. The van der Waals surface area contributed by atoms with E-state index in [0.717, 1.165) is 6.42 Å². The summed E-state index contributed by atoms with van der Waals surface area (Å²) in [6.07, 6.45) is 2.01. The van der Waals surface area contributed by atoms with Crippen LogP contribution in [-0.2, 0) is 5.11 Å². The summed E-state index contributed by atoms with van der Waals surface area (Å²) in [6.45, 7) is 1.77. The quantitative estimate of drug-likeness (QED) is 0.516. The summed E-state index contributed by atoms with van der Waals surface area (Å²) < 4.78 is 0. The zero-order valence-corrected chi connectivity index (χ0v) is 4.48. The predicted molar refractivity (Wildman–Crippen MR) is 28.1 cm³/mol. The van der Waals surface area contributed by atoms with Gasteiger partial charge in [0, 0.05) is 12.1 Å². The maximum atomic E-state index is 9.94. The zero-order chi connectivity index (χ0) is 5.70. The minimum absolute atomic E-state index is 0.0278. The Balaban J connectivity index is 3.16. The highest BCUT2D eigenvalue weighted by Crippen LogP contribution is 1.94. The molecular formula is C5H10NO. The Bertz CT molecular complexity index is 50.0. The fourth-order valence-corrected chi connectivity index (χ4v) is 0.284. The fraction of sp³-hybridized carbons (Fsp3) is 0.800. The predicted octanol–water partition coefficient (Wildman–Crippen LogP) is 1.09. The molecule has 0 rings (SSSR count). The van der Waals surface area contributed by atoms with Crippen LogP contribution in [-0.4, -0.2) is 12.8 Å². The largest absolute Gasteiger partial charge is 0.313 e. The van der Waals surface area contributed by atoms with Crippen molar-refractivity contribution in [2.75, 3.05) is 6.61 Å². The van der Waals surface area contributed by atoms with E-state index in [2.05, 4.69) is 0 Å². The minimum Gasteiger partial charge on any atom is -0.313 e. The summed E-state index contributed by atoms with van der Waals surface area (Å²) in [5.41, 5.74) is 0. The van der Waals surface area contributed by atoms with Crippen LogP contribution in [0.5, 0.6) is 0 Å². The smallest absolute Gasteiger partial charge is 0.0899 e. The maximum absolute atomic E-state index is 9.94.